The van der Waals surface area contributed by atoms with Crippen molar-refractivity contribution in [3.63, 3.8) is 0 Å². The van der Waals surface area contributed by atoms with Crippen LogP contribution < -0.4 is 0 Å². The summed E-state index contributed by atoms with van der Waals surface area (Å²) in [5.74, 6) is -2.36. The number of fused-ring (bicyclic) bond motifs is 1. The number of benzene rings is 1. The highest BCUT2D eigenvalue weighted by Crippen LogP contribution is 2.39. The number of aliphatic hydroxyl groups is 5. The van der Waals surface area contributed by atoms with Crippen LogP contribution in [-0.4, -0.2) is 61.5 Å². The molecule has 0 unspecified atom stereocenters. The standard InChI is InChI=1S/C14H15Cl2NO6/c15-6-2-1-5-3-8(17-10(5)9(6)16)14(22)13(21)12(20)11(19)7(4-18)23-14/h1-3,7,11-13,17-22H,4H2/t7-,11+,12+,13-,14-/m1/s1. The SMILES string of the molecule is OC[C@H]1O[C@](O)(c2cc3ccc(Cl)c(Cl)c3[nH]2)[C@H](O)[C@@H](O)[C@H]1O. The van der Waals surface area contributed by atoms with Crippen LogP contribution in [0.3, 0.4) is 0 Å². The largest absolute Gasteiger partial charge is 0.394 e. The Kier molecular flexibility index (Phi) is 4.33. The van der Waals surface area contributed by atoms with Gasteiger partial charge in [0.1, 0.15) is 24.4 Å². The molecular formula is C14H15Cl2NO6. The Balaban J connectivity index is 2.10. The van der Waals surface area contributed by atoms with Crippen LogP contribution in [0.1, 0.15) is 5.69 Å². The summed E-state index contributed by atoms with van der Waals surface area (Å²) in [7, 11) is 0. The molecule has 23 heavy (non-hydrogen) atoms. The van der Waals surface area contributed by atoms with Crippen LogP contribution in [0.25, 0.3) is 10.9 Å². The lowest BCUT2D eigenvalue weighted by Gasteiger charge is -2.44. The number of ether oxygens (including phenoxy) is 1. The van der Waals surface area contributed by atoms with Crippen molar-refractivity contribution < 1.29 is 30.3 Å². The van der Waals surface area contributed by atoms with E-state index in [1.165, 1.54) is 6.07 Å². The van der Waals surface area contributed by atoms with Gasteiger partial charge in [0.15, 0.2) is 0 Å². The summed E-state index contributed by atoms with van der Waals surface area (Å²) in [6.45, 7) is -0.653. The molecule has 1 fully saturated rings. The van der Waals surface area contributed by atoms with Crippen molar-refractivity contribution in [1.29, 1.82) is 0 Å². The monoisotopic (exact) mass is 363 g/mol. The topological polar surface area (TPSA) is 126 Å². The van der Waals surface area contributed by atoms with E-state index in [4.69, 9.17) is 27.9 Å². The molecule has 5 atom stereocenters. The Bertz CT molecular complexity index is 735. The Morgan fingerprint density at radius 3 is 2.52 bits per heavy atom. The summed E-state index contributed by atoms with van der Waals surface area (Å²) in [6, 6.07) is 4.69. The molecule has 0 spiro atoms. The van der Waals surface area contributed by atoms with E-state index < -0.39 is 36.8 Å². The second-order valence-electron chi connectivity index (χ2n) is 5.47. The van der Waals surface area contributed by atoms with Crippen molar-refractivity contribution in [1.82, 2.24) is 4.98 Å². The van der Waals surface area contributed by atoms with Crippen LogP contribution in [0.15, 0.2) is 18.2 Å². The van der Waals surface area contributed by atoms with Crippen LogP contribution in [0.4, 0.5) is 0 Å². The highest BCUT2D eigenvalue weighted by Gasteiger charge is 2.54. The number of rotatable bonds is 2. The summed E-state index contributed by atoms with van der Waals surface area (Å²) in [5, 5.41) is 50.8. The van der Waals surface area contributed by atoms with E-state index in [9.17, 15) is 25.5 Å². The Hall–Kier alpha value is -0.900. The minimum atomic E-state index is -2.36. The average molecular weight is 364 g/mol. The summed E-state index contributed by atoms with van der Waals surface area (Å²) in [5.41, 5.74) is 0.424. The van der Waals surface area contributed by atoms with Gasteiger partial charge in [-0.2, -0.15) is 0 Å². The maximum absolute atomic E-state index is 10.7. The highest BCUT2D eigenvalue weighted by molar-refractivity contribution is 6.45. The number of H-pyrrole nitrogens is 1. The molecule has 9 heteroatoms. The molecule has 2 aromatic rings. The van der Waals surface area contributed by atoms with Crippen LogP contribution in [0, 0.1) is 0 Å². The van der Waals surface area contributed by atoms with E-state index in [1.807, 2.05) is 0 Å². The summed E-state index contributed by atoms with van der Waals surface area (Å²) < 4.78 is 5.24. The summed E-state index contributed by atoms with van der Waals surface area (Å²) >= 11 is 12.0. The normalized spacial score (nSPS) is 34.9. The van der Waals surface area contributed by atoms with Gasteiger partial charge in [-0.15, -0.1) is 0 Å². The third kappa shape index (κ3) is 2.54. The molecule has 6 N–H and O–H groups in total. The molecule has 126 valence electrons. The third-order valence-corrected chi connectivity index (χ3v) is 4.84. The maximum Gasteiger partial charge on any atom is 0.237 e. The fourth-order valence-corrected chi connectivity index (χ4v) is 3.09. The second-order valence-corrected chi connectivity index (χ2v) is 6.26. The van der Waals surface area contributed by atoms with Gasteiger partial charge in [-0.3, -0.25) is 0 Å². The second kappa shape index (κ2) is 5.87. The molecular weight excluding hydrogens is 349 g/mol. The first-order valence-electron chi connectivity index (χ1n) is 6.82. The maximum atomic E-state index is 10.7. The summed E-state index contributed by atoms with van der Waals surface area (Å²) in [4.78, 5) is 2.80. The Labute approximate surface area is 140 Å². The zero-order valence-electron chi connectivity index (χ0n) is 11.6. The molecule has 0 saturated carbocycles. The van der Waals surface area contributed by atoms with Gasteiger partial charge in [-0.25, -0.2) is 0 Å². The van der Waals surface area contributed by atoms with Gasteiger partial charge < -0.3 is 35.3 Å². The molecule has 1 aliphatic heterocycles. The van der Waals surface area contributed by atoms with E-state index in [0.717, 1.165) is 0 Å². The number of halogens is 2. The minimum absolute atomic E-state index is 0.00793. The summed E-state index contributed by atoms with van der Waals surface area (Å²) in [6.07, 6.45) is -6.37. The van der Waals surface area contributed by atoms with Crippen molar-refractivity contribution in [2.75, 3.05) is 6.61 Å². The number of aromatic nitrogens is 1. The fourth-order valence-electron chi connectivity index (χ4n) is 2.71. The lowest BCUT2D eigenvalue weighted by molar-refractivity contribution is -0.359. The molecule has 1 saturated heterocycles. The molecule has 1 aromatic carbocycles. The number of hydrogen-bond acceptors (Lipinski definition) is 6. The molecule has 0 radical (unpaired) electrons. The van der Waals surface area contributed by atoms with E-state index in [2.05, 4.69) is 4.98 Å². The van der Waals surface area contributed by atoms with E-state index in [-0.39, 0.29) is 10.7 Å². The molecule has 1 aromatic heterocycles. The third-order valence-electron chi connectivity index (χ3n) is 4.04. The fraction of sp³-hybridized carbons (Fsp3) is 0.429. The number of hydrogen-bond donors (Lipinski definition) is 6. The van der Waals surface area contributed by atoms with Crippen molar-refractivity contribution in [2.45, 2.75) is 30.2 Å². The molecule has 0 amide bonds. The molecule has 0 bridgehead atoms. The van der Waals surface area contributed by atoms with Crippen LogP contribution in [-0.2, 0) is 10.5 Å². The average Bonchev–Trinajstić information content (AvgIpc) is 2.98. The zero-order valence-corrected chi connectivity index (χ0v) is 13.2. The van der Waals surface area contributed by atoms with E-state index >= 15 is 0 Å². The number of nitrogens with one attached hydrogen (secondary N) is 1. The van der Waals surface area contributed by atoms with Gasteiger partial charge in [-0.05, 0) is 12.1 Å². The minimum Gasteiger partial charge on any atom is -0.394 e. The van der Waals surface area contributed by atoms with Crippen LogP contribution in [0.2, 0.25) is 10.0 Å². The number of aromatic amines is 1. The predicted molar refractivity (Wildman–Crippen MR) is 82.2 cm³/mol. The van der Waals surface area contributed by atoms with E-state index in [1.54, 1.807) is 12.1 Å². The Morgan fingerprint density at radius 1 is 1.17 bits per heavy atom. The first kappa shape index (κ1) is 16.9. The van der Waals surface area contributed by atoms with Gasteiger partial charge in [0.25, 0.3) is 0 Å². The van der Waals surface area contributed by atoms with Crippen molar-refractivity contribution in [3.8, 4) is 0 Å². The first-order chi connectivity index (χ1) is 10.8. The van der Waals surface area contributed by atoms with E-state index in [0.29, 0.717) is 15.9 Å². The van der Waals surface area contributed by atoms with Crippen molar-refractivity contribution >= 4 is 34.1 Å². The molecule has 2 heterocycles. The van der Waals surface area contributed by atoms with Crippen LogP contribution >= 0.6 is 23.2 Å². The van der Waals surface area contributed by atoms with Crippen molar-refractivity contribution in [3.05, 3.63) is 33.9 Å². The highest BCUT2D eigenvalue weighted by atomic mass is 35.5. The predicted octanol–water partition coefficient (Wildman–Crippen LogP) is 0.0936. The molecule has 1 aliphatic rings. The van der Waals surface area contributed by atoms with Gasteiger partial charge >= 0.3 is 0 Å². The smallest absolute Gasteiger partial charge is 0.237 e. The molecule has 7 nitrogen and oxygen atoms in total. The van der Waals surface area contributed by atoms with Crippen molar-refractivity contribution in [2.24, 2.45) is 0 Å². The number of aliphatic hydroxyl groups excluding tert-OH is 4. The quantitative estimate of drug-likeness (QED) is 0.449. The Morgan fingerprint density at radius 2 is 1.87 bits per heavy atom. The van der Waals surface area contributed by atoms with Gasteiger partial charge in [-0.1, -0.05) is 29.3 Å². The first-order valence-corrected chi connectivity index (χ1v) is 7.57. The van der Waals surface area contributed by atoms with Gasteiger partial charge in [0.2, 0.25) is 5.79 Å². The lowest BCUT2D eigenvalue weighted by atomic mass is 9.91. The van der Waals surface area contributed by atoms with Gasteiger partial charge in [0, 0.05) is 5.39 Å². The van der Waals surface area contributed by atoms with Gasteiger partial charge in [0.05, 0.1) is 27.9 Å². The van der Waals surface area contributed by atoms with Crippen LogP contribution in [0.5, 0.6) is 0 Å². The lowest BCUT2D eigenvalue weighted by Crippen LogP contribution is -2.63. The molecule has 0 aliphatic carbocycles. The molecule has 3 rings (SSSR count). The zero-order chi connectivity index (χ0) is 16.9.